The van der Waals surface area contributed by atoms with Gasteiger partial charge in [-0.3, -0.25) is 5.10 Å². The van der Waals surface area contributed by atoms with Gasteiger partial charge in [0.1, 0.15) is 0 Å². The minimum atomic E-state index is -0.598. The number of carbonyl (C=O) groups is 1. The smallest absolute Gasteiger partial charge is 0.320 e. The van der Waals surface area contributed by atoms with Crippen LogP contribution in [-0.4, -0.2) is 49.8 Å². The Balaban J connectivity index is 0.000000440. The fraction of sp³-hybridized carbons (Fsp3) is 0.297. The van der Waals surface area contributed by atoms with E-state index in [0.29, 0.717) is 32.5 Å². The molecule has 0 spiro atoms. The quantitative estimate of drug-likeness (QED) is 0.164. The number of allylic oxidation sites excluding steroid dienone is 4. The summed E-state index contributed by atoms with van der Waals surface area (Å²) in [6.45, 7) is 14.7. The lowest BCUT2D eigenvalue weighted by Crippen LogP contribution is -2.49. The van der Waals surface area contributed by atoms with Crippen molar-refractivity contribution in [1.29, 1.82) is 0 Å². The number of amides is 2. The van der Waals surface area contributed by atoms with Crippen molar-refractivity contribution in [3.05, 3.63) is 139 Å². The van der Waals surface area contributed by atoms with E-state index in [2.05, 4.69) is 48.5 Å². The van der Waals surface area contributed by atoms with Crippen molar-refractivity contribution >= 4 is 16.9 Å². The molecule has 1 aliphatic rings. The lowest BCUT2D eigenvalue weighted by Gasteiger charge is -2.34. The number of urea groups is 1. The van der Waals surface area contributed by atoms with E-state index < -0.39 is 6.10 Å². The van der Waals surface area contributed by atoms with Gasteiger partial charge in [0.05, 0.1) is 23.9 Å². The van der Waals surface area contributed by atoms with Crippen LogP contribution in [0.25, 0.3) is 10.9 Å². The van der Waals surface area contributed by atoms with Crippen molar-refractivity contribution in [3.8, 4) is 0 Å². The van der Waals surface area contributed by atoms with Gasteiger partial charge in [-0.1, -0.05) is 111 Å². The SMILES string of the molecule is C/C=C\C.C=CC(=C)CC.O=C1N(Cc2ccc3[nH]ncc3c2)CCC(O)C(Cc2ccccc2)N1Cc1ccccc1. The number of carbonyl (C=O) groups excluding carboxylic acids is 1. The van der Waals surface area contributed by atoms with Gasteiger partial charge >= 0.3 is 6.03 Å². The van der Waals surface area contributed by atoms with Crippen LogP contribution in [0.5, 0.6) is 0 Å². The van der Waals surface area contributed by atoms with E-state index in [0.717, 1.165) is 39.6 Å². The average Bonchev–Trinajstić information content (AvgIpc) is 3.49. The van der Waals surface area contributed by atoms with E-state index in [1.165, 1.54) is 0 Å². The number of aliphatic hydroxyl groups is 1. The van der Waals surface area contributed by atoms with E-state index in [4.69, 9.17) is 0 Å². The van der Waals surface area contributed by atoms with Crippen molar-refractivity contribution < 1.29 is 9.90 Å². The Labute approximate surface area is 257 Å². The molecule has 2 unspecified atom stereocenters. The summed E-state index contributed by atoms with van der Waals surface area (Å²) < 4.78 is 0. The van der Waals surface area contributed by atoms with Gasteiger partial charge in [0, 0.05) is 25.0 Å². The van der Waals surface area contributed by atoms with Gasteiger partial charge in [-0.2, -0.15) is 5.10 Å². The third-order valence-electron chi connectivity index (χ3n) is 7.49. The highest BCUT2D eigenvalue weighted by molar-refractivity contribution is 5.79. The summed E-state index contributed by atoms with van der Waals surface area (Å²) in [6.07, 6.45) is 9.16. The number of H-pyrrole nitrogens is 1. The number of aliphatic hydroxyl groups excluding tert-OH is 1. The predicted octanol–water partition coefficient (Wildman–Crippen LogP) is 8.08. The molecule has 2 N–H and O–H groups in total. The molecule has 4 aromatic rings. The van der Waals surface area contributed by atoms with E-state index in [9.17, 15) is 9.90 Å². The number of hydrogen-bond acceptors (Lipinski definition) is 3. The maximum Gasteiger partial charge on any atom is 0.320 e. The molecular formula is C37H46N4O2. The van der Waals surface area contributed by atoms with Crippen molar-refractivity contribution in [2.45, 2.75) is 65.3 Å². The molecule has 2 amide bonds. The van der Waals surface area contributed by atoms with Gasteiger partial charge in [-0.05, 0) is 61.9 Å². The fourth-order valence-corrected chi connectivity index (χ4v) is 4.78. The molecule has 0 saturated carbocycles. The number of aromatic amines is 1. The van der Waals surface area contributed by atoms with Crippen LogP contribution in [0.3, 0.4) is 0 Å². The molecule has 2 heterocycles. The predicted molar refractivity (Wildman–Crippen MR) is 179 cm³/mol. The van der Waals surface area contributed by atoms with Crippen LogP contribution in [-0.2, 0) is 19.5 Å². The monoisotopic (exact) mass is 578 g/mol. The van der Waals surface area contributed by atoms with Gasteiger partial charge in [-0.15, -0.1) is 0 Å². The summed E-state index contributed by atoms with van der Waals surface area (Å²) in [5.41, 5.74) is 5.30. The van der Waals surface area contributed by atoms with Crippen LogP contribution < -0.4 is 0 Å². The Kier molecular flexibility index (Phi) is 13.5. The van der Waals surface area contributed by atoms with Crippen LogP contribution in [0.1, 0.15) is 50.3 Å². The molecule has 0 aliphatic carbocycles. The van der Waals surface area contributed by atoms with Gasteiger partial charge in [0.15, 0.2) is 0 Å². The average molecular weight is 579 g/mol. The van der Waals surface area contributed by atoms with Crippen LogP contribution in [0.2, 0.25) is 0 Å². The zero-order valence-corrected chi connectivity index (χ0v) is 25.8. The number of nitrogens with zero attached hydrogens (tertiary/aromatic N) is 3. The zero-order chi connectivity index (χ0) is 31.0. The van der Waals surface area contributed by atoms with Crippen molar-refractivity contribution in [1.82, 2.24) is 20.0 Å². The third-order valence-corrected chi connectivity index (χ3v) is 7.49. The van der Waals surface area contributed by atoms with Crippen LogP contribution in [0.15, 0.2) is 122 Å². The second-order valence-electron chi connectivity index (χ2n) is 10.6. The maximum absolute atomic E-state index is 13.8. The van der Waals surface area contributed by atoms with Crippen molar-refractivity contribution in [2.24, 2.45) is 0 Å². The van der Waals surface area contributed by atoms with Crippen LogP contribution >= 0.6 is 0 Å². The summed E-state index contributed by atoms with van der Waals surface area (Å²) in [6, 6.07) is 25.9. The highest BCUT2D eigenvalue weighted by atomic mass is 16.3. The first-order valence-electron chi connectivity index (χ1n) is 15.0. The topological polar surface area (TPSA) is 72.5 Å². The largest absolute Gasteiger partial charge is 0.391 e. The highest BCUT2D eigenvalue weighted by Crippen LogP contribution is 2.25. The number of fused-ring (bicyclic) bond motifs is 1. The Morgan fingerprint density at radius 3 is 2.21 bits per heavy atom. The molecule has 6 nitrogen and oxygen atoms in total. The Morgan fingerprint density at radius 2 is 1.63 bits per heavy atom. The molecular weight excluding hydrogens is 532 g/mol. The molecule has 1 saturated heterocycles. The molecule has 226 valence electrons. The number of nitrogens with one attached hydrogen (secondary N) is 1. The molecule has 1 aromatic heterocycles. The molecule has 1 aliphatic heterocycles. The van der Waals surface area contributed by atoms with E-state index in [1.54, 1.807) is 12.3 Å². The molecule has 1 fully saturated rings. The normalized spacial score (nSPS) is 16.6. The second kappa shape index (κ2) is 17.5. The molecule has 5 rings (SSSR count). The number of hydrogen-bond donors (Lipinski definition) is 2. The van der Waals surface area contributed by atoms with E-state index in [1.807, 2.05) is 96.5 Å². The first kappa shape index (κ1) is 33.1. The zero-order valence-electron chi connectivity index (χ0n) is 25.8. The number of aromatic nitrogens is 2. The van der Waals surface area contributed by atoms with Gasteiger partial charge in [0.25, 0.3) is 0 Å². The highest BCUT2D eigenvalue weighted by Gasteiger charge is 2.36. The Morgan fingerprint density at radius 1 is 0.977 bits per heavy atom. The maximum atomic E-state index is 13.8. The molecule has 43 heavy (non-hydrogen) atoms. The first-order valence-corrected chi connectivity index (χ1v) is 15.0. The fourth-order valence-electron chi connectivity index (χ4n) is 4.78. The van der Waals surface area contributed by atoms with Gasteiger partial charge in [-0.25, -0.2) is 4.79 Å². The molecule has 0 radical (unpaired) electrons. The first-order chi connectivity index (χ1) is 20.9. The minimum absolute atomic E-state index is 0.0383. The molecule has 6 heteroatoms. The molecule has 0 bridgehead atoms. The summed E-state index contributed by atoms with van der Waals surface area (Å²) in [5.74, 6) is 0. The van der Waals surface area contributed by atoms with Crippen LogP contribution in [0.4, 0.5) is 4.79 Å². The summed E-state index contributed by atoms with van der Waals surface area (Å²) in [4.78, 5) is 17.6. The summed E-state index contributed by atoms with van der Waals surface area (Å²) in [7, 11) is 0. The van der Waals surface area contributed by atoms with E-state index >= 15 is 0 Å². The van der Waals surface area contributed by atoms with Gasteiger partial charge < -0.3 is 14.9 Å². The third kappa shape index (κ3) is 10.1. The lowest BCUT2D eigenvalue weighted by molar-refractivity contribution is 0.0679. The van der Waals surface area contributed by atoms with Gasteiger partial charge in [0.2, 0.25) is 0 Å². The molecule has 2 atom stereocenters. The number of benzene rings is 3. The number of rotatable bonds is 8. The second-order valence-corrected chi connectivity index (χ2v) is 10.6. The van der Waals surface area contributed by atoms with Crippen LogP contribution in [0, 0.1) is 0 Å². The van der Waals surface area contributed by atoms with Crippen molar-refractivity contribution in [2.75, 3.05) is 6.54 Å². The summed E-state index contributed by atoms with van der Waals surface area (Å²) in [5, 5.41) is 19.2. The lowest BCUT2D eigenvalue weighted by atomic mass is 9.98. The Bertz CT molecular complexity index is 1440. The minimum Gasteiger partial charge on any atom is -0.391 e. The summed E-state index contributed by atoms with van der Waals surface area (Å²) >= 11 is 0. The molecule has 3 aromatic carbocycles. The van der Waals surface area contributed by atoms with E-state index in [-0.39, 0.29) is 12.1 Å². The standard InChI is InChI=1S/C27H28N4O2.C6H10.C4H8/c32-26-13-14-30(18-22-11-12-24-23(15-22)17-28-29-24)27(33)31(19-21-9-5-2-6-10-21)25(26)16-20-7-3-1-4-8-20;1-4-6(3)5-2;1-3-4-2/h1-12,15,17,25-26,32H,13-14,16,18-19H2,(H,28,29);4H,1,3,5H2,2H3;3-4H,1-2H3/b;;4-3-. The Hall–Kier alpha value is -4.42. The van der Waals surface area contributed by atoms with Crippen molar-refractivity contribution in [3.63, 3.8) is 0 Å².